The Balaban J connectivity index is 1.97. The second-order valence-electron chi connectivity index (χ2n) is 3.23. The number of ether oxygens (including phenoxy) is 1. The molecule has 1 fully saturated rings. The first-order valence-corrected chi connectivity index (χ1v) is 4.49. The molecule has 2 heterocycles. The van der Waals surface area contributed by atoms with Gasteiger partial charge in [0.15, 0.2) is 0 Å². The van der Waals surface area contributed by atoms with Crippen LogP contribution in [0, 0.1) is 12.3 Å². The third kappa shape index (κ3) is 1.90. The summed E-state index contributed by atoms with van der Waals surface area (Å²) >= 11 is 0. The minimum atomic E-state index is 0.325. The zero-order valence-electron chi connectivity index (χ0n) is 7.44. The van der Waals surface area contributed by atoms with E-state index in [0.29, 0.717) is 6.10 Å². The Kier molecular flexibility index (Phi) is 2.33. The monoisotopic (exact) mass is 176 g/mol. The highest BCUT2D eigenvalue weighted by Crippen LogP contribution is 2.13. The highest BCUT2D eigenvalue weighted by molar-refractivity contribution is 5.26. The summed E-state index contributed by atoms with van der Waals surface area (Å²) in [7, 11) is 0. The van der Waals surface area contributed by atoms with Crippen LogP contribution in [0.25, 0.3) is 0 Å². The van der Waals surface area contributed by atoms with Gasteiger partial charge in [-0.2, -0.15) is 5.10 Å². The molecule has 68 valence electrons. The summed E-state index contributed by atoms with van der Waals surface area (Å²) in [6, 6.07) is 0. The number of hydrogen-bond donors (Lipinski definition) is 0. The van der Waals surface area contributed by atoms with Gasteiger partial charge >= 0.3 is 0 Å². The van der Waals surface area contributed by atoms with E-state index in [4.69, 9.17) is 11.2 Å². The number of rotatable bonds is 2. The van der Waals surface area contributed by atoms with Gasteiger partial charge in [-0.05, 0) is 12.8 Å². The first-order valence-electron chi connectivity index (χ1n) is 4.49. The van der Waals surface area contributed by atoms with Crippen LogP contribution in [0.1, 0.15) is 18.4 Å². The van der Waals surface area contributed by atoms with Crippen molar-refractivity contribution in [3.8, 4) is 12.3 Å². The van der Waals surface area contributed by atoms with Crippen molar-refractivity contribution >= 4 is 0 Å². The van der Waals surface area contributed by atoms with Crippen LogP contribution in [0.2, 0.25) is 0 Å². The van der Waals surface area contributed by atoms with E-state index in [-0.39, 0.29) is 0 Å². The molecule has 0 amide bonds. The molecule has 1 atom stereocenters. The molecule has 0 aromatic carbocycles. The molecule has 0 saturated carbocycles. The Hall–Kier alpha value is -1.27. The molecule has 1 unspecified atom stereocenters. The molecule has 0 radical (unpaired) electrons. The fourth-order valence-corrected chi connectivity index (χ4v) is 1.53. The van der Waals surface area contributed by atoms with Gasteiger partial charge in [0.05, 0.1) is 24.4 Å². The zero-order valence-corrected chi connectivity index (χ0v) is 7.44. The van der Waals surface area contributed by atoms with Crippen molar-refractivity contribution in [1.82, 2.24) is 9.78 Å². The Morgan fingerprint density at radius 2 is 2.69 bits per heavy atom. The van der Waals surface area contributed by atoms with Gasteiger partial charge in [-0.25, -0.2) is 0 Å². The van der Waals surface area contributed by atoms with Gasteiger partial charge in [-0.1, -0.05) is 5.92 Å². The third-order valence-corrected chi connectivity index (χ3v) is 2.21. The average molecular weight is 176 g/mol. The minimum Gasteiger partial charge on any atom is -0.376 e. The second-order valence-corrected chi connectivity index (χ2v) is 3.23. The van der Waals surface area contributed by atoms with Gasteiger partial charge in [0.2, 0.25) is 0 Å². The summed E-state index contributed by atoms with van der Waals surface area (Å²) in [5.74, 6) is 2.55. The van der Waals surface area contributed by atoms with Crippen LogP contribution in [0.4, 0.5) is 0 Å². The van der Waals surface area contributed by atoms with Crippen LogP contribution in [-0.2, 0) is 11.3 Å². The Labute approximate surface area is 77.7 Å². The van der Waals surface area contributed by atoms with Crippen molar-refractivity contribution in [2.24, 2.45) is 0 Å². The first kappa shape index (κ1) is 8.33. The molecule has 0 spiro atoms. The standard InChI is InChI=1S/C10H12N2O/c1-2-9-6-11-12(7-9)8-10-4-3-5-13-10/h1,6-7,10H,3-5,8H2. The summed E-state index contributed by atoms with van der Waals surface area (Å²) in [6.07, 6.45) is 11.4. The normalized spacial score (nSPS) is 21.6. The molecule has 0 bridgehead atoms. The quantitative estimate of drug-likeness (QED) is 0.630. The van der Waals surface area contributed by atoms with Crippen LogP contribution >= 0.6 is 0 Å². The Morgan fingerprint density at radius 1 is 1.77 bits per heavy atom. The van der Waals surface area contributed by atoms with Crippen molar-refractivity contribution in [3.05, 3.63) is 18.0 Å². The maximum Gasteiger partial charge on any atom is 0.0771 e. The lowest BCUT2D eigenvalue weighted by molar-refractivity contribution is 0.0940. The largest absolute Gasteiger partial charge is 0.376 e. The van der Waals surface area contributed by atoms with Gasteiger partial charge in [0.1, 0.15) is 0 Å². The van der Waals surface area contributed by atoms with Gasteiger partial charge < -0.3 is 4.74 Å². The molecule has 1 aliphatic rings. The lowest BCUT2D eigenvalue weighted by atomic mass is 10.2. The van der Waals surface area contributed by atoms with Gasteiger partial charge in [-0.15, -0.1) is 6.42 Å². The van der Waals surface area contributed by atoms with E-state index in [9.17, 15) is 0 Å². The number of nitrogens with zero attached hydrogens (tertiary/aromatic N) is 2. The van der Waals surface area contributed by atoms with Crippen molar-refractivity contribution in [3.63, 3.8) is 0 Å². The van der Waals surface area contributed by atoms with Crippen molar-refractivity contribution in [2.45, 2.75) is 25.5 Å². The molecule has 1 aromatic heterocycles. The molecule has 0 aliphatic carbocycles. The highest BCUT2D eigenvalue weighted by Gasteiger charge is 2.15. The first-order chi connectivity index (χ1) is 6.38. The smallest absolute Gasteiger partial charge is 0.0771 e. The minimum absolute atomic E-state index is 0.325. The van der Waals surface area contributed by atoms with E-state index in [1.54, 1.807) is 6.20 Å². The predicted octanol–water partition coefficient (Wildman–Crippen LogP) is 1.04. The summed E-state index contributed by atoms with van der Waals surface area (Å²) in [5.41, 5.74) is 0.831. The van der Waals surface area contributed by atoms with E-state index in [1.807, 2.05) is 10.9 Å². The number of terminal acetylenes is 1. The van der Waals surface area contributed by atoms with Crippen molar-refractivity contribution < 1.29 is 4.74 Å². The fourth-order valence-electron chi connectivity index (χ4n) is 1.53. The van der Waals surface area contributed by atoms with E-state index in [0.717, 1.165) is 31.6 Å². The molecule has 1 aromatic rings. The molecule has 3 nitrogen and oxygen atoms in total. The molecular formula is C10H12N2O. The third-order valence-electron chi connectivity index (χ3n) is 2.21. The molecule has 1 saturated heterocycles. The summed E-state index contributed by atoms with van der Waals surface area (Å²) in [5, 5.41) is 4.14. The summed E-state index contributed by atoms with van der Waals surface area (Å²) in [6.45, 7) is 1.70. The summed E-state index contributed by atoms with van der Waals surface area (Å²) < 4.78 is 7.34. The maximum absolute atomic E-state index is 5.49. The molecule has 2 rings (SSSR count). The van der Waals surface area contributed by atoms with Crippen molar-refractivity contribution in [1.29, 1.82) is 0 Å². The Bertz CT molecular complexity index is 318. The van der Waals surface area contributed by atoms with Gasteiger partial charge in [0.25, 0.3) is 0 Å². The van der Waals surface area contributed by atoms with Crippen LogP contribution in [0.3, 0.4) is 0 Å². The molecule has 13 heavy (non-hydrogen) atoms. The number of aromatic nitrogens is 2. The van der Waals surface area contributed by atoms with E-state index in [1.165, 1.54) is 0 Å². The fraction of sp³-hybridized carbons (Fsp3) is 0.500. The lowest BCUT2D eigenvalue weighted by Crippen LogP contribution is -2.14. The van der Waals surface area contributed by atoms with E-state index in [2.05, 4.69) is 11.0 Å². The van der Waals surface area contributed by atoms with Gasteiger partial charge in [-0.3, -0.25) is 4.68 Å². The molecule has 1 aliphatic heterocycles. The second kappa shape index (κ2) is 3.63. The molecule has 0 N–H and O–H groups in total. The molecule has 3 heteroatoms. The van der Waals surface area contributed by atoms with Crippen LogP contribution in [-0.4, -0.2) is 22.5 Å². The average Bonchev–Trinajstić information content (AvgIpc) is 2.76. The predicted molar refractivity (Wildman–Crippen MR) is 49.1 cm³/mol. The van der Waals surface area contributed by atoms with Crippen LogP contribution in [0.5, 0.6) is 0 Å². The molecular weight excluding hydrogens is 164 g/mol. The highest BCUT2D eigenvalue weighted by atomic mass is 16.5. The van der Waals surface area contributed by atoms with E-state index >= 15 is 0 Å². The zero-order chi connectivity index (χ0) is 9.10. The Morgan fingerprint density at radius 3 is 3.31 bits per heavy atom. The van der Waals surface area contributed by atoms with Crippen LogP contribution < -0.4 is 0 Å². The van der Waals surface area contributed by atoms with E-state index < -0.39 is 0 Å². The van der Waals surface area contributed by atoms with Crippen LogP contribution in [0.15, 0.2) is 12.4 Å². The lowest BCUT2D eigenvalue weighted by Gasteiger charge is -2.08. The SMILES string of the molecule is C#Cc1cnn(CC2CCCO2)c1. The maximum atomic E-state index is 5.49. The summed E-state index contributed by atoms with van der Waals surface area (Å²) in [4.78, 5) is 0. The number of hydrogen-bond acceptors (Lipinski definition) is 2. The van der Waals surface area contributed by atoms with Gasteiger partial charge in [0, 0.05) is 12.8 Å². The topological polar surface area (TPSA) is 27.1 Å². The van der Waals surface area contributed by atoms with Crippen molar-refractivity contribution in [2.75, 3.05) is 6.61 Å².